The molecule has 1 aliphatic heterocycles. The molecule has 0 aromatic rings. The summed E-state index contributed by atoms with van der Waals surface area (Å²) in [5.74, 6) is 0.0301. The molecule has 6 nitrogen and oxygen atoms in total. The second kappa shape index (κ2) is 7.58. The van der Waals surface area contributed by atoms with Crippen LogP contribution in [-0.4, -0.2) is 73.7 Å². The molecular formula is C14H26N4O2. The summed E-state index contributed by atoms with van der Waals surface area (Å²) >= 11 is 0. The average molecular weight is 282 g/mol. The summed E-state index contributed by atoms with van der Waals surface area (Å²) in [6, 6.07) is 2.35. The van der Waals surface area contributed by atoms with Gasteiger partial charge in [-0.15, -0.1) is 0 Å². The predicted molar refractivity (Wildman–Crippen MR) is 77.2 cm³/mol. The minimum absolute atomic E-state index is 0.0301. The van der Waals surface area contributed by atoms with Crippen LogP contribution in [0.15, 0.2) is 0 Å². The van der Waals surface area contributed by atoms with E-state index in [4.69, 9.17) is 10.00 Å². The summed E-state index contributed by atoms with van der Waals surface area (Å²) in [7, 11) is 1.62. The first-order chi connectivity index (χ1) is 9.39. The van der Waals surface area contributed by atoms with E-state index in [1.807, 2.05) is 20.8 Å². The molecule has 1 heterocycles. The van der Waals surface area contributed by atoms with Crippen LogP contribution in [0.3, 0.4) is 0 Å². The van der Waals surface area contributed by atoms with Crippen molar-refractivity contribution in [3.63, 3.8) is 0 Å². The third-order valence-electron chi connectivity index (χ3n) is 3.63. The van der Waals surface area contributed by atoms with Crippen molar-refractivity contribution < 1.29 is 9.53 Å². The number of ether oxygens (including phenoxy) is 1. The highest BCUT2D eigenvalue weighted by atomic mass is 16.5. The van der Waals surface area contributed by atoms with Gasteiger partial charge in [-0.3, -0.25) is 14.6 Å². The highest BCUT2D eigenvalue weighted by Gasteiger charge is 2.30. The maximum atomic E-state index is 11.9. The Morgan fingerprint density at radius 2 is 2.00 bits per heavy atom. The fourth-order valence-corrected chi connectivity index (χ4v) is 2.35. The van der Waals surface area contributed by atoms with Gasteiger partial charge in [0.05, 0.1) is 19.2 Å². The molecule has 0 radical (unpaired) electrons. The standard InChI is InChI=1S/C14H26N4O2/c1-12(10-20-4)16-13(19)9-17-5-7-18(8-6-17)14(2,3)11-15/h12H,5-10H2,1-4H3,(H,16,19). The van der Waals surface area contributed by atoms with Crippen LogP contribution in [0, 0.1) is 11.3 Å². The van der Waals surface area contributed by atoms with Crippen molar-refractivity contribution in [3.05, 3.63) is 0 Å². The maximum absolute atomic E-state index is 11.9. The molecule has 0 aliphatic carbocycles. The zero-order valence-corrected chi connectivity index (χ0v) is 13.0. The van der Waals surface area contributed by atoms with Gasteiger partial charge >= 0.3 is 0 Å². The molecule has 0 saturated carbocycles. The molecule has 1 rings (SSSR count). The Balaban J connectivity index is 2.32. The average Bonchev–Trinajstić information content (AvgIpc) is 2.39. The molecule has 1 saturated heterocycles. The van der Waals surface area contributed by atoms with Crippen LogP contribution in [0.1, 0.15) is 20.8 Å². The van der Waals surface area contributed by atoms with Crippen LogP contribution in [0.5, 0.6) is 0 Å². The molecule has 6 heteroatoms. The zero-order chi connectivity index (χ0) is 15.2. The Bertz CT molecular complexity index is 357. The van der Waals surface area contributed by atoms with E-state index in [2.05, 4.69) is 21.2 Å². The fraction of sp³-hybridized carbons (Fsp3) is 0.857. The normalized spacial score (nSPS) is 19.4. The zero-order valence-electron chi connectivity index (χ0n) is 13.0. The van der Waals surface area contributed by atoms with E-state index < -0.39 is 5.54 Å². The number of rotatable bonds is 6. The van der Waals surface area contributed by atoms with E-state index in [1.54, 1.807) is 7.11 Å². The van der Waals surface area contributed by atoms with Crippen LogP contribution in [0.4, 0.5) is 0 Å². The first-order valence-corrected chi connectivity index (χ1v) is 7.06. The van der Waals surface area contributed by atoms with Gasteiger partial charge in [-0.05, 0) is 20.8 Å². The molecule has 1 amide bonds. The van der Waals surface area contributed by atoms with Gasteiger partial charge in [0.25, 0.3) is 0 Å². The van der Waals surface area contributed by atoms with Crippen molar-refractivity contribution in [1.29, 1.82) is 5.26 Å². The van der Waals surface area contributed by atoms with E-state index in [-0.39, 0.29) is 11.9 Å². The number of nitriles is 1. The first-order valence-electron chi connectivity index (χ1n) is 7.06. The smallest absolute Gasteiger partial charge is 0.234 e. The summed E-state index contributed by atoms with van der Waals surface area (Å²) in [5.41, 5.74) is -0.429. The Kier molecular flexibility index (Phi) is 6.40. The lowest BCUT2D eigenvalue weighted by molar-refractivity contribution is -0.123. The van der Waals surface area contributed by atoms with Gasteiger partial charge in [0.2, 0.25) is 5.91 Å². The third-order valence-corrected chi connectivity index (χ3v) is 3.63. The largest absolute Gasteiger partial charge is 0.383 e. The summed E-state index contributed by atoms with van der Waals surface area (Å²) in [6.45, 7) is 10.0. The molecule has 1 unspecified atom stereocenters. The van der Waals surface area contributed by atoms with Crippen LogP contribution in [0.25, 0.3) is 0 Å². The molecule has 0 spiro atoms. The number of hydrogen-bond donors (Lipinski definition) is 1. The number of methoxy groups -OCH3 is 1. The monoisotopic (exact) mass is 282 g/mol. The molecule has 1 aliphatic rings. The number of nitrogens with zero attached hydrogens (tertiary/aromatic N) is 3. The minimum atomic E-state index is -0.429. The van der Waals surface area contributed by atoms with E-state index in [9.17, 15) is 4.79 Å². The van der Waals surface area contributed by atoms with Crippen molar-refractivity contribution in [2.75, 3.05) is 46.4 Å². The van der Waals surface area contributed by atoms with Gasteiger partial charge in [-0.2, -0.15) is 5.26 Å². The van der Waals surface area contributed by atoms with Gasteiger partial charge in [0.1, 0.15) is 5.54 Å². The number of amides is 1. The molecular weight excluding hydrogens is 256 g/mol. The van der Waals surface area contributed by atoms with Crippen LogP contribution in [0.2, 0.25) is 0 Å². The lowest BCUT2D eigenvalue weighted by Gasteiger charge is -2.40. The highest BCUT2D eigenvalue weighted by molar-refractivity contribution is 5.78. The fourth-order valence-electron chi connectivity index (χ4n) is 2.35. The van der Waals surface area contributed by atoms with E-state index in [0.29, 0.717) is 13.2 Å². The van der Waals surface area contributed by atoms with Gasteiger partial charge in [-0.25, -0.2) is 0 Å². The quantitative estimate of drug-likeness (QED) is 0.746. The first kappa shape index (κ1) is 16.9. The van der Waals surface area contributed by atoms with Gasteiger partial charge in [0, 0.05) is 39.3 Å². The Labute approximate surface area is 121 Å². The van der Waals surface area contributed by atoms with Crippen molar-refractivity contribution in [3.8, 4) is 6.07 Å². The van der Waals surface area contributed by atoms with E-state index in [0.717, 1.165) is 26.2 Å². The van der Waals surface area contributed by atoms with Gasteiger partial charge in [-0.1, -0.05) is 0 Å². The lowest BCUT2D eigenvalue weighted by Crippen LogP contribution is -2.55. The Morgan fingerprint density at radius 1 is 1.40 bits per heavy atom. The molecule has 0 aromatic carbocycles. The number of nitrogens with one attached hydrogen (secondary N) is 1. The van der Waals surface area contributed by atoms with Crippen molar-refractivity contribution in [2.45, 2.75) is 32.4 Å². The van der Waals surface area contributed by atoms with Crippen LogP contribution < -0.4 is 5.32 Å². The second-order valence-electron chi connectivity index (χ2n) is 5.86. The van der Waals surface area contributed by atoms with Crippen LogP contribution >= 0.6 is 0 Å². The molecule has 1 N–H and O–H groups in total. The van der Waals surface area contributed by atoms with Crippen molar-refractivity contribution in [2.24, 2.45) is 0 Å². The predicted octanol–water partition coefficient (Wildman–Crippen LogP) is 0.0573. The molecule has 1 atom stereocenters. The van der Waals surface area contributed by atoms with E-state index in [1.165, 1.54) is 0 Å². The summed E-state index contributed by atoms with van der Waals surface area (Å²) < 4.78 is 4.99. The third kappa shape index (κ3) is 5.08. The number of carbonyl (C=O) groups excluding carboxylic acids is 1. The molecule has 1 fully saturated rings. The number of carbonyl (C=O) groups is 1. The summed E-state index contributed by atoms with van der Waals surface area (Å²) in [6.07, 6.45) is 0. The SMILES string of the molecule is COCC(C)NC(=O)CN1CCN(C(C)(C)C#N)CC1. The topological polar surface area (TPSA) is 68.6 Å². The van der Waals surface area contributed by atoms with Crippen molar-refractivity contribution >= 4 is 5.91 Å². The number of hydrogen-bond acceptors (Lipinski definition) is 5. The van der Waals surface area contributed by atoms with Gasteiger partial charge < -0.3 is 10.1 Å². The van der Waals surface area contributed by atoms with E-state index >= 15 is 0 Å². The molecule has 0 aromatic heterocycles. The van der Waals surface area contributed by atoms with Gasteiger partial charge in [0.15, 0.2) is 0 Å². The second-order valence-corrected chi connectivity index (χ2v) is 5.86. The van der Waals surface area contributed by atoms with Crippen LogP contribution in [-0.2, 0) is 9.53 Å². The highest BCUT2D eigenvalue weighted by Crippen LogP contribution is 2.15. The minimum Gasteiger partial charge on any atom is -0.383 e. The summed E-state index contributed by atoms with van der Waals surface area (Å²) in [4.78, 5) is 16.1. The molecule has 20 heavy (non-hydrogen) atoms. The Hall–Kier alpha value is -1.16. The van der Waals surface area contributed by atoms with Crippen molar-refractivity contribution in [1.82, 2.24) is 15.1 Å². The molecule has 0 bridgehead atoms. The summed E-state index contributed by atoms with van der Waals surface area (Å²) in [5, 5.41) is 12.0. The number of piperazine rings is 1. The molecule has 114 valence electrons. The lowest BCUT2D eigenvalue weighted by atomic mass is 10.0. The Morgan fingerprint density at radius 3 is 2.50 bits per heavy atom. The maximum Gasteiger partial charge on any atom is 0.234 e.